The summed E-state index contributed by atoms with van der Waals surface area (Å²) in [5.74, 6) is -0.193. The molecule has 150 valence electrons. The highest BCUT2D eigenvalue weighted by molar-refractivity contribution is 5.71. The van der Waals surface area contributed by atoms with Gasteiger partial charge in [-0.15, -0.1) is 0 Å². The molecule has 1 aliphatic rings. The second-order valence-corrected chi connectivity index (χ2v) is 6.99. The van der Waals surface area contributed by atoms with Crippen LogP contribution in [0.2, 0.25) is 0 Å². The van der Waals surface area contributed by atoms with E-state index in [0.29, 0.717) is 5.56 Å². The first kappa shape index (κ1) is 20.2. The number of benzene rings is 2. The van der Waals surface area contributed by atoms with Gasteiger partial charge in [0, 0.05) is 18.6 Å². The Kier molecular flexibility index (Phi) is 6.21. The van der Waals surface area contributed by atoms with Gasteiger partial charge in [-0.25, -0.2) is 0 Å². The van der Waals surface area contributed by atoms with Gasteiger partial charge in [0.25, 0.3) is 0 Å². The quantitative estimate of drug-likeness (QED) is 0.423. The van der Waals surface area contributed by atoms with E-state index in [1.807, 2.05) is 0 Å². The molecule has 5 atom stereocenters. The van der Waals surface area contributed by atoms with Crippen LogP contribution in [0.25, 0.3) is 12.2 Å². The van der Waals surface area contributed by atoms with Crippen LogP contribution in [0.4, 0.5) is 0 Å². The molecular formula is C21H24O7. The summed E-state index contributed by atoms with van der Waals surface area (Å²) in [7, 11) is 0. The number of aliphatic hydroxyl groups excluding tert-OH is 4. The van der Waals surface area contributed by atoms with Crippen molar-refractivity contribution in [2.45, 2.75) is 30.8 Å². The summed E-state index contributed by atoms with van der Waals surface area (Å²) in [4.78, 5) is 0. The van der Waals surface area contributed by atoms with Crippen molar-refractivity contribution in [1.82, 2.24) is 0 Å². The van der Waals surface area contributed by atoms with Crippen molar-refractivity contribution in [2.24, 2.45) is 5.92 Å². The van der Waals surface area contributed by atoms with Crippen LogP contribution in [-0.2, 0) is 0 Å². The molecule has 1 saturated carbocycles. The molecule has 7 heteroatoms. The number of phenolic OH excluding ortho intramolecular Hbond substituents is 2. The molecule has 1 fully saturated rings. The summed E-state index contributed by atoms with van der Waals surface area (Å²) in [5, 5.41) is 58.7. The maximum absolute atomic E-state index is 10.2. The predicted octanol–water partition coefficient (Wildman–Crippen LogP) is 1.11. The lowest BCUT2D eigenvalue weighted by Crippen LogP contribution is -2.56. The average molecular weight is 388 g/mol. The zero-order chi connectivity index (χ0) is 20.3. The minimum atomic E-state index is -1.43. The number of ether oxygens (including phenoxy) is 1. The molecule has 1 aliphatic carbocycles. The average Bonchev–Trinajstić information content (AvgIpc) is 2.67. The molecular weight excluding hydrogens is 364 g/mol. The van der Waals surface area contributed by atoms with Crippen LogP contribution in [0.15, 0.2) is 42.5 Å². The summed E-state index contributed by atoms with van der Waals surface area (Å²) >= 11 is 0. The Balaban J connectivity index is 1.76. The van der Waals surface area contributed by atoms with Crippen LogP contribution >= 0.6 is 0 Å². The number of aromatic hydroxyl groups is 2. The van der Waals surface area contributed by atoms with Gasteiger partial charge in [-0.05, 0) is 41.8 Å². The highest BCUT2D eigenvalue weighted by atomic mass is 16.5. The van der Waals surface area contributed by atoms with Crippen molar-refractivity contribution >= 4 is 12.2 Å². The Hall–Kier alpha value is -2.58. The van der Waals surface area contributed by atoms with E-state index in [9.17, 15) is 30.6 Å². The summed E-state index contributed by atoms with van der Waals surface area (Å²) < 4.78 is 5.75. The highest BCUT2D eigenvalue weighted by Gasteiger charge is 2.43. The van der Waals surface area contributed by atoms with Crippen LogP contribution in [0.5, 0.6) is 17.2 Å². The smallest absolute Gasteiger partial charge is 0.128 e. The molecule has 0 spiro atoms. The number of aliphatic hydroxyl groups is 4. The number of phenols is 2. The van der Waals surface area contributed by atoms with Gasteiger partial charge in [-0.1, -0.05) is 24.3 Å². The van der Waals surface area contributed by atoms with E-state index in [-0.39, 0.29) is 30.3 Å². The normalized spacial score (nSPS) is 27.8. The first-order chi connectivity index (χ1) is 13.4. The maximum atomic E-state index is 10.2. The first-order valence-corrected chi connectivity index (χ1v) is 9.00. The second kappa shape index (κ2) is 8.62. The Bertz CT molecular complexity index is 816. The number of hydrogen-bond acceptors (Lipinski definition) is 7. The van der Waals surface area contributed by atoms with Crippen molar-refractivity contribution in [2.75, 3.05) is 6.61 Å². The summed E-state index contributed by atoms with van der Waals surface area (Å²) in [6.45, 7) is -0.342. The Morgan fingerprint density at radius 3 is 2.18 bits per heavy atom. The third kappa shape index (κ3) is 4.63. The molecule has 2 aromatic carbocycles. The van der Waals surface area contributed by atoms with E-state index < -0.39 is 30.3 Å². The Morgan fingerprint density at radius 2 is 1.50 bits per heavy atom. The Labute approximate surface area is 162 Å². The lowest BCUT2D eigenvalue weighted by Gasteiger charge is -2.39. The van der Waals surface area contributed by atoms with Gasteiger partial charge in [-0.3, -0.25) is 0 Å². The lowest BCUT2D eigenvalue weighted by molar-refractivity contribution is -0.156. The fraction of sp³-hybridized carbons (Fsp3) is 0.333. The number of rotatable bonds is 5. The van der Waals surface area contributed by atoms with Gasteiger partial charge in [0.05, 0.1) is 6.10 Å². The molecule has 0 radical (unpaired) electrons. The monoisotopic (exact) mass is 388 g/mol. The summed E-state index contributed by atoms with van der Waals surface area (Å²) in [5.41, 5.74) is 1.50. The van der Waals surface area contributed by atoms with Gasteiger partial charge in [-0.2, -0.15) is 0 Å². The molecule has 0 amide bonds. The van der Waals surface area contributed by atoms with Crippen molar-refractivity contribution in [1.29, 1.82) is 0 Å². The van der Waals surface area contributed by atoms with E-state index in [1.54, 1.807) is 42.5 Å². The van der Waals surface area contributed by atoms with Crippen molar-refractivity contribution < 1.29 is 35.4 Å². The van der Waals surface area contributed by atoms with Crippen molar-refractivity contribution in [3.63, 3.8) is 0 Å². The largest absolute Gasteiger partial charge is 0.508 e. The van der Waals surface area contributed by atoms with E-state index in [4.69, 9.17) is 4.74 Å². The molecule has 0 bridgehead atoms. The van der Waals surface area contributed by atoms with Gasteiger partial charge in [0.1, 0.15) is 35.6 Å². The van der Waals surface area contributed by atoms with Crippen LogP contribution in [0, 0.1) is 5.92 Å². The molecule has 2 aromatic rings. The summed E-state index contributed by atoms with van der Waals surface area (Å²) in [6.07, 6.45) is -1.11. The molecule has 0 aromatic heterocycles. The van der Waals surface area contributed by atoms with Crippen molar-refractivity contribution in [3.8, 4) is 17.2 Å². The minimum absolute atomic E-state index is 0.0348. The third-order valence-electron chi connectivity index (χ3n) is 4.90. The van der Waals surface area contributed by atoms with E-state index >= 15 is 0 Å². The SMILES string of the molecule is OCC1CC(Oc2cc(O)cc(C=Cc3ccc(O)cc3)c2)C(O)C(O)C1O. The minimum Gasteiger partial charge on any atom is -0.508 e. The van der Waals surface area contributed by atoms with Gasteiger partial charge in [0.2, 0.25) is 0 Å². The maximum Gasteiger partial charge on any atom is 0.128 e. The standard InChI is InChI=1S/C21H24O7/c22-11-14-9-18(20(26)21(27)19(14)25)28-17-8-13(7-16(24)10-17)2-1-12-3-5-15(23)6-4-12/h1-8,10,14,18-27H,9,11H2. The molecule has 0 heterocycles. The third-order valence-corrected chi connectivity index (χ3v) is 4.90. The van der Waals surface area contributed by atoms with Gasteiger partial charge in [0.15, 0.2) is 0 Å². The molecule has 5 unspecified atom stereocenters. The van der Waals surface area contributed by atoms with Crippen LogP contribution in [-0.4, -0.2) is 61.7 Å². The molecule has 0 saturated heterocycles. The number of hydrogen-bond donors (Lipinski definition) is 6. The lowest BCUT2D eigenvalue weighted by atomic mass is 9.81. The zero-order valence-corrected chi connectivity index (χ0v) is 15.1. The second-order valence-electron chi connectivity index (χ2n) is 6.99. The van der Waals surface area contributed by atoms with Crippen LogP contribution in [0.1, 0.15) is 17.5 Å². The predicted molar refractivity (Wildman–Crippen MR) is 103 cm³/mol. The Morgan fingerprint density at radius 1 is 0.821 bits per heavy atom. The van der Waals surface area contributed by atoms with Crippen LogP contribution in [0.3, 0.4) is 0 Å². The first-order valence-electron chi connectivity index (χ1n) is 9.00. The summed E-state index contributed by atoms with van der Waals surface area (Å²) in [6, 6.07) is 11.2. The topological polar surface area (TPSA) is 131 Å². The molecule has 0 aliphatic heterocycles. The van der Waals surface area contributed by atoms with E-state index in [2.05, 4.69) is 0 Å². The molecule has 6 N–H and O–H groups in total. The van der Waals surface area contributed by atoms with Crippen LogP contribution < -0.4 is 4.74 Å². The highest BCUT2D eigenvalue weighted by Crippen LogP contribution is 2.31. The van der Waals surface area contributed by atoms with Gasteiger partial charge < -0.3 is 35.4 Å². The van der Waals surface area contributed by atoms with Gasteiger partial charge >= 0.3 is 0 Å². The molecule has 28 heavy (non-hydrogen) atoms. The fourth-order valence-electron chi connectivity index (χ4n) is 3.30. The molecule has 3 rings (SSSR count). The fourth-order valence-corrected chi connectivity index (χ4v) is 3.30. The van der Waals surface area contributed by atoms with E-state index in [1.165, 1.54) is 12.1 Å². The zero-order valence-electron chi connectivity index (χ0n) is 15.1. The van der Waals surface area contributed by atoms with E-state index in [0.717, 1.165) is 5.56 Å². The molecule has 7 nitrogen and oxygen atoms in total. The van der Waals surface area contributed by atoms with Crippen molar-refractivity contribution in [3.05, 3.63) is 53.6 Å².